The highest BCUT2D eigenvalue weighted by Gasteiger charge is 2.08. The third-order valence-electron chi connectivity index (χ3n) is 3.27. The number of nitrogens with zero attached hydrogens (tertiary/aromatic N) is 2. The third kappa shape index (κ3) is 3.61. The molecule has 108 valence electrons. The summed E-state index contributed by atoms with van der Waals surface area (Å²) in [7, 11) is 2.03. The van der Waals surface area contributed by atoms with Gasteiger partial charge in [0.1, 0.15) is 11.6 Å². The minimum atomic E-state index is 0.276. The van der Waals surface area contributed by atoms with Crippen LogP contribution in [0, 0.1) is 5.92 Å². The van der Waals surface area contributed by atoms with Gasteiger partial charge in [0.25, 0.3) is 0 Å². The predicted molar refractivity (Wildman–Crippen MR) is 84.4 cm³/mol. The predicted octanol–water partition coefficient (Wildman–Crippen LogP) is 2.62. The fourth-order valence-corrected chi connectivity index (χ4v) is 2.19. The van der Waals surface area contributed by atoms with Crippen molar-refractivity contribution in [2.24, 2.45) is 5.92 Å². The van der Waals surface area contributed by atoms with Crippen molar-refractivity contribution in [1.29, 1.82) is 0 Å². The molecular weight excluding hydrogens is 250 g/mol. The highest BCUT2D eigenvalue weighted by atomic mass is 16.3. The van der Waals surface area contributed by atoms with Crippen LogP contribution in [0.4, 0.5) is 5.82 Å². The number of aromatic hydroxyl groups is 1. The molecule has 0 spiro atoms. The molecule has 0 atom stereocenters. The molecule has 0 fully saturated rings. The second kappa shape index (κ2) is 6.57. The van der Waals surface area contributed by atoms with Gasteiger partial charge < -0.3 is 15.3 Å². The number of nitrogens with one attached hydrogen (secondary N) is 1. The highest BCUT2D eigenvalue weighted by molar-refractivity contribution is 5.93. The third-order valence-corrected chi connectivity index (χ3v) is 3.27. The summed E-state index contributed by atoms with van der Waals surface area (Å²) >= 11 is 0. The Morgan fingerprint density at radius 1 is 1.30 bits per heavy atom. The minimum Gasteiger partial charge on any atom is -0.508 e. The first-order valence-electron chi connectivity index (χ1n) is 7.07. The van der Waals surface area contributed by atoms with E-state index in [1.165, 1.54) is 0 Å². The summed E-state index contributed by atoms with van der Waals surface area (Å²) in [6, 6.07) is 7.36. The lowest BCUT2D eigenvalue weighted by Crippen LogP contribution is -2.31. The van der Waals surface area contributed by atoms with E-state index in [0.717, 1.165) is 36.2 Å². The van der Waals surface area contributed by atoms with Gasteiger partial charge in [-0.3, -0.25) is 0 Å². The van der Waals surface area contributed by atoms with Gasteiger partial charge in [0, 0.05) is 31.7 Å². The van der Waals surface area contributed by atoms with Crippen LogP contribution in [0.15, 0.2) is 30.5 Å². The van der Waals surface area contributed by atoms with Gasteiger partial charge in [-0.25, -0.2) is 4.98 Å². The van der Waals surface area contributed by atoms with Crippen molar-refractivity contribution < 1.29 is 5.11 Å². The maximum atomic E-state index is 9.65. The topological polar surface area (TPSA) is 48.4 Å². The van der Waals surface area contributed by atoms with Crippen LogP contribution < -0.4 is 10.2 Å². The molecule has 2 N–H and O–H groups in total. The lowest BCUT2D eigenvalue weighted by Gasteiger charge is -2.20. The maximum Gasteiger partial charge on any atom is 0.136 e. The van der Waals surface area contributed by atoms with Crippen molar-refractivity contribution >= 4 is 16.6 Å². The molecule has 4 heteroatoms. The quantitative estimate of drug-likeness (QED) is 0.794. The second-order valence-electron chi connectivity index (χ2n) is 5.56. The van der Waals surface area contributed by atoms with Gasteiger partial charge in [0.2, 0.25) is 0 Å². The first-order valence-corrected chi connectivity index (χ1v) is 7.07. The van der Waals surface area contributed by atoms with Gasteiger partial charge in [-0.15, -0.1) is 0 Å². The number of hydrogen-bond acceptors (Lipinski definition) is 4. The van der Waals surface area contributed by atoms with E-state index in [2.05, 4.69) is 29.0 Å². The van der Waals surface area contributed by atoms with E-state index in [1.54, 1.807) is 12.1 Å². The molecule has 0 aliphatic rings. The molecule has 1 aromatic heterocycles. The Labute approximate surface area is 120 Å². The molecule has 1 aromatic carbocycles. The van der Waals surface area contributed by atoms with Gasteiger partial charge in [0.15, 0.2) is 0 Å². The first kappa shape index (κ1) is 14.6. The first-order chi connectivity index (χ1) is 9.58. The number of benzene rings is 1. The van der Waals surface area contributed by atoms with Crippen molar-refractivity contribution in [2.75, 3.05) is 31.6 Å². The molecule has 2 rings (SSSR count). The average molecular weight is 273 g/mol. The average Bonchev–Trinajstić information content (AvgIpc) is 2.42. The lowest BCUT2D eigenvalue weighted by atomic mass is 10.1. The van der Waals surface area contributed by atoms with Crippen molar-refractivity contribution in [1.82, 2.24) is 10.3 Å². The summed E-state index contributed by atoms with van der Waals surface area (Å²) in [5, 5.41) is 15.2. The van der Waals surface area contributed by atoms with E-state index in [1.807, 2.05) is 25.4 Å². The molecule has 4 nitrogen and oxygen atoms in total. The maximum absolute atomic E-state index is 9.65. The number of phenolic OH excluding ortho intramolecular Hbond substituents is 1. The Morgan fingerprint density at radius 2 is 2.10 bits per heavy atom. The largest absolute Gasteiger partial charge is 0.508 e. The smallest absolute Gasteiger partial charge is 0.136 e. The van der Waals surface area contributed by atoms with E-state index in [-0.39, 0.29) is 5.75 Å². The summed E-state index contributed by atoms with van der Waals surface area (Å²) in [5.41, 5.74) is 0. The number of pyridine rings is 1. The zero-order valence-corrected chi connectivity index (χ0v) is 12.4. The van der Waals surface area contributed by atoms with Crippen molar-refractivity contribution in [2.45, 2.75) is 13.8 Å². The summed E-state index contributed by atoms with van der Waals surface area (Å²) in [6.07, 6.45) is 1.81. The van der Waals surface area contributed by atoms with Gasteiger partial charge in [-0.1, -0.05) is 19.9 Å². The summed E-state index contributed by atoms with van der Waals surface area (Å²) in [6.45, 7) is 7.23. The molecule has 0 bridgehead atoms. The molecule has 20 heavy (non-hydrogen) atoms. The van der Waals surface area contributed by atoms with Gasteiger partial charge in [-0.2, -0.15) is 0 Å². The zero-order chi connectivity index (χ0) is 14.5. The Balaban J connectivity index is 2.09. The van der Waals surface area contributed by atoms with Gasteiger partial charge in [-0.05, 0) is 36.0 Å². The van der Waals surface area contributed by atoms with E-state index >= 15 is 0 Å². The van der Waals surface area contributed by atoms with E-state index in [4.69, 9.17) is 0 Å². The number of phenols is 1. The Bertz CT molecular complexity index is 569. The normalized spacial score (nSPS) is 11.2. The fourth-order valence-electron chi connectivity index (χ4n) is 2.19. The van der Waals surface area contributed by atoms with Crippen LogP contribution >= 0.6 is 0 Å². The van der Waals surface area contributed by atoms with Crippen LogP contribution in [0.5, 0.6) is 5.75 Å². The molecule has 0 saturated heterocycles. The van der Waals surface area contributed by atoms with Crippen LogP contribution in [0.1, 0.15) is 13.8 Å². The number of rotatable bonds is 6. The van der Waals surface area contributed by atoms with Gasteiger partial charge in [0.05, 0.1) is 0 Å². The van der Waals surface area contributed by atoms with Crippen molar-refractivity contribution in [3.05, 3.63) is 30.5 Å². The molecule has 0 unspecified atom stereocenters. The van der Waals surface area contributed by atoms with E-state index in [9.17, 15) is 5.11 Å². The van der Waals surface area contributed by atoms with Crippen LogP contribution in [0.25, 0.3) is 10.8 Å². The van der Waals surface area contributed by atoms with Crippen molar-refractivity contribution in [3.63, 3.8) is 0 Å². The van der Waals surface area contributed by atoms with Gasteiger partial charge >= 0.3 is 0 Å². The number of anilines is 1. The molecule has 0 amide bonds. The molecule has 0 radical (unpaired) electrons. The molecule has 2 aromatic rings. The molecule has 0 aliphatic carbocycles. The van der Waals surface area contributed by atoms with Crippen LogP contribution in [0.2, 0.25) is 0 Å². The van der Waals surface area contributed by atoms with E-state index in [0.29, 0.717) is 5.92 Å². The molecular formula is C16H23N3O. The molecule has 0 aliphatic heterocycles. The minimum absolute atomic E-state index is 0.276. The Kier molecular flexibility index (Phi) is 4.79. The Morgan fingerprint density at radius 3 is 2.85 bits per heavy atom. The molecule has 1 heterocycles. The van der Waals surface area contributed by atoms with Crippen LogP contribution in [-0.2, 0) is 0 Å². The van der Waals surface area contributed by atoms with Crippen molar-refractivity contribution in [3.8, 4) is 5.75 Å². The second-order valence-corrected chi connectivity index (χ2v) is 5.56. The number of aromatic nitrogens is 1. The van der Waals surface area contributed by atoms with Crippen LogP contribution in [-0.4, -0.2) is 36.8 Å². The summed E-state index contributed by atoms with van der Waals surface area (Å²) < 4.78 is 0. The zero-order valence-electron chi connectivity index (χ0n) is 12.4. The number of likely N-dealkylation sites (N-methyl/N-ethyl adjacent to an activating group) is 1. The summed E-state index contributed by atoms with van der Waals surface area (Å²) in [4.78, 5) is 6.57. The monoisotopic (exact) mass is 273 g/mol. The number of fused-ring (bicyclic) bond motifs is 1. The lowest BCUT2D eigenvalue weighted by molar-refractivity contribution is 0.476. The van der Waals surface area contributed by atoms with Crippen LogP contribution in [0.3, 0.4) is 0 Å². The molecule has 0 saturated carbocycles. The number of hydrogen-bond donors (Lipinski definition) is 2. The fraction of sp³-hybridized carbons (Fsp3) is 0.438. The SMILES string of the molecule is CC(C)CNCCN(C)c1nccc2ccc(O)cc12. The Hall–Kier alpha value is -1.81. The standard InChI is InChI=1S/C16H23N3O/c1-12(2)11-17-8-9-19(3)16-15-10-14(20)5-4-13(15)6-7-18-16/h4-7,10,12,17,20H,8-9,11H2,1-3H3. The highest BCUT2D eigenvalue weighted by Crippen LogP contribution is 2.26. The summed E-state index contributed by atoms with van der Waals surface area (Å²) in [5.74, 6) is 1.84. The van der Waals surface area contributed by atoms with E-state index < -0.39 is 0 Å².